The summed E-state index contributed by atoms with van der Waals surface area (Å²) in [4.78, 5) is 20.0. The van der Waals surface area contributed by atoms with E-state index in [-0.39, 0.29) is 5.91 Å². The molecule has 2 aromatic rings. The van der Waals surface area contributed by atoms with Gasteiger partial charge in [-0.2, -0.15) is 0 Å². The standard InChI is InChI=1S/C14H15N3O3/c1-19-8-9-20-13-10-11(2-7-16-13)14(18)17-12-3-5-15-6-4-12/h2-7,10H,8-9H2,1H3,(H,15,17,18). The number of ether oxygens (including phenoxy) is 2. The number of amides is 1. The normalized spacial score (nSPS) is 10.1. The summed E-state index contributed by atoms with van der Waals surface area (Å²) in [7, 11) is 1.59. The Kier molecular flexibility index (Phi) is 5.02. The number of hydrogen-bond acceptors (Lipinski definition) is 5. The predicted octanol–water partition coefficient (Wildman–Crippen LogP) is 1.75. The van der Waals surface area contributed by atoms with Crippen LogP contribution in [0.1, 0.15) is 10.4 Å². The third-order valence-corrected chi connectivity index (χ3v) is 2.47. The van der Waals surface area contributed by atoms with Crippen LogP contribution >= 0.6 is 0 Å². The van der Waals surface area contributed by atoms with Crippen molar-refractivity contribution in [2.75, 3.05) is 25.6 Å². The fourth-order valence-corrected chi connectivity index (χ4v) is 1.50. The van der Waals surface area contributed by atoms with Gasteiger partial charge in [0.2, 0.25) is 5.88 Å². The van der Waals surface area contributed by atoms with E-state index in [1.54, 1.807) is 43.8 Å². The summed E-state index contributed by atoms with van der Waals surface area (Å²) in [6, 6.07) is 6.65. The summed E-state index contributed by atoms with van der Waals surface area (Å²) >= 11 is 0. The number of anilines is 1. The van der Waals surface area contributed by atoms with Gasteiger partial charge in [0.15, 0.2) is 0 Å². The number of carbonyl (C=O) groups excluding carboxylic acids is 1. The molecule has 0 spiro atoms. The predicted molar refractivity (Wildman–Crippen MR) is 73.8 cm³/mol. The molecule has 0 atom stereocenters. The quantitative estimate of drug-likeness (QED) is 0.812. The van der Waals surface area contributed by atoms with E-state index in [1.807, 2.05) is 0 Å². The number of aromatic nitrogens is 2. The van der Waals surface area contributed by atoms with Gasteiger partial charge in [-0.1, -0.05) is 0 Å². The maximum Gasteiger partial charge on any atom is 0.255 e. The second-order valence-electron chi connectivity index (χ2n) is 3.91. The van der Waals surface area contributed by atoms with Crippen LogP contribution in [0.15, 0.2) is 42.9 Å². The average Bonchev–Trinajstić information content (AvgIpc) is 2.49. The lowest BCUT2D eigenvalue weighted by Gasteiger charge is -2.07. The van der Waals surface area contributed by atoms with Crippen LogP contribution in [0.2, 0.25) is 0 Å². The molecule has 0 aliphatic heterocycles. The summed E-state index contributed by atoms with van der Waals surface area (Å²) in [6.45, 7) is 0.855. The van der Waals surface area contributed by atoms with Gasteiger partial charge in [-0.15, -0.1) is 0 Å². The molecule has 1 N–H and O–H groups in total. The van der Waals surface area contributed by atoms with Gasteiger partial charge < -0.3 is 14.8 Å². The lowest BCUT2D eigenvalue weighted by Crippen LogP contribution is -2.12. The first-order valence-electron chi connectivity index (χ1n) is 6.09. The van der Waals surface area contributed by atoms with Gasteiger partial charge in [-0.3, -0.25) is 9.78 Å². The molecule has 2 heterocycles. The molecule has 0 radical (unpaired) electrons. The van der Waals surface area contributed by atoms with Gasteiger partial charge >= 0.3 is 0 Å². The van der Waals surface area contributed by atoms with E-state index in [0.29, 0.717) is 30.3 Å². The van der Waals surface area contributed by atoms with E-state index in [0.717, 1.165) is 0 Å². The van der Waals surface area contributed by atoms with Crippen LogP contribution in [0, 0.1) is 0 Å². The molecule has 0 aliphatic rings. The maximum atomic E-state index is 12.1. The van der Waals surface area contributed by atoms with Crippen LogP contribution in [-0.2, 0) is 4.74 Å². The Labute approximate surface area is 116 Å². The summed E-state index contributed by atoms with van der Waals surface area (Å²) in [5.41, 5.74) is 1.16. The highest BCUT2D eigenvalue weighted by Gasteiger charge is 2.07. The van der Waals surface area contributed by atoms with Crippen molar-refractivity contribution >= 4 is 11.6 Å². The van der Waals surface area contributed by atoms with Crippen molar-refractivity contribution in [3.63, 3.8) is 0 Å². The molecule has 2 rings (SSSR count). The Morgan fingerprint density at radius 1 is 1.20 bits per heavy atom. The Hall–Kier alpha value is -2.47. The lowest BCUT2D eigenvalue weighted by molar-refractivity contribution is 0.102. The van der Waals surface area contributed by atoms with E-state index in [1.165, 1.54) is 6.20 Å². The van der Waals surface area contributed by atoms with Crippen LogP contribution in [0.5, 0.6) is 5.88 Å². The van der Waals surface area contributed by atoms with E-state index in [4.69, 9.17) is 9.47 Å². The molecule has 0 saturated carbocycles. The zero-order valence-electron chi connectivity index (χ0n) is 11.1. The van der Waals surface area contributed by atoms with Crippen molar-refractivity contribution in [2.24, 2.45) is 0 Å². The fraction of sp³-hybridized carbons (Fsp3) is 0.214. The van der Waals surface area contributed by atoms with Crippen LogP contribution in [0.4, 0.5) is 5.69 Å². The summed E-state index contributed by atoms with van der Waals surface area (Å²) < 4.78 is 10.2. The molecule has 0 bridgehead atoms. The largest absolute Gasteiger partial charge is 0.475 e. The van der Waals surface area contributed by atoms with E-state index >= 15 is 0 Å². The first-order chi connectivity index (χ1) is 9.79. The first kappa shape index (κ1) is 14.0. The molecular weight excluding hydrogens is 258 g/mol. The molecule has 0 fully saturated rings. The van der Waals surface area contributed by atoms with Gasteiger partial charge in [-0.05, 0) is 18.2 Å². The van der Waals surface area contributed by atoms with Crippen molar-refractivity contribution in [2.45, 2.75) is 0 Å². The SMILES string of the molecule is COCCOc1cc(C(=O)Nc2ccncc2)ccn1. The molecule has 0 unspecified atom stereocenters. The average molecular weight is 273 g/mol. The molecule has 20 heavy (non-hydrogen) atoms. The highest BCUT2D eigenvalue weighted by Crippen LogP contribution is 2.12. The lowest BCUT2D eigenvalue weighted by atomic mass is 10.2. The van der Waals surface area contributed by atoms with Crippen LogP contribution in [0.3, 0.4) is 0 Å². The Balaban J connectivity index is 2.01. The summed E-state index contributed by atoms with van der Waals surface area (Å²) in [5, 5.41) is 2.77. The second-order valence-corrected chi connectivity index (χ2v) is 3.91. The number of methoxy groups -OCH3 is 1. The van der Waals surface area contributed by atoms with Crippen LogP contribution in [-0.4, -0.2) is 36.2 Å². The van der Waals surface area contributed by atoms with Gasteiger partial charge in [0.1, 0.15) is 6.61 Å². The molecular formula is C14H15N3O3. The maximum absolute atomic E-state index is 12.1. The number of nitrogens with one attached hydrogen (secondary N) is 1. The van der Waals surface area contributed by atoms with E-state index < -0.39 is 0 Å². The van der Waals surface area contributed by atoms with Gasteiger partial charge in [-0.25, -0.2) is 4.98 Å². The minimum Gasteiger partial charge on any atom is -0.475 e. The number of carbonyl (C=O) groups is 1. The zero-order chi connectivity index (χ0) is 14.2. The minimum absolute atomic E-state index is 0.227. The highest BCUT2D eigenvalue weighted by atomic mass is 16.5. The third kappa shape index (κ3) is 4.03. The molecule has 6 heteroatoms. The Morgan fingerprint density at radius 3 is 2.75 bits per heavy atom. The molecule has 1 amide bonds. The monoisotopic (exact) mass is 273 g/mol. The summed E-state index contributed by atoms with van der Waals surface area (Å²) in [6.07, 6.45) is 4.76. The Morgan fingerprint density at radius 2 is 2.00 bits per heavy atom. The number of hydrogen-bond donors (Lipinski definition) is 1. The van der Waals surface area contributed by atoms with Crippen LogP contribution in [0.25, 0.3) is 0 Å². The van der Waals surface area contributed by atoms with Gasteiger partial charge in [0, 0.05) is 43.0 Å². The minimum atomic E-state index is -0.227. The second kappa shape index (κ2) is 7.20. The van der Waals surface area contributed by atoms with Gasteiger partial charge in [0.25, 0.3) is 5.91 Å². The molecule has 0 aromatic carbocycles. The summed E-state index contributed by atoms with van der Waals surface area (Å²) in [5.74, 6) is 0.166. The highest BCUT2D eigenvalue weighted by molar-refractivity contribution is 6.04. The zero-order valence-corrected chi connectivity index (χ0v) is 11.1. The Bertz CT molecular complexity index is 561. The number of rotatable bonds is 6. The number of nitrogens with zero attached hydrogens (tertiary/aromatic N) is 2. The third-order valence-electron chi connectivity index (χ3n) is 2.47. The van der Waals surface area contributed by atoms with Crippen molar-refractivity contribution in [3.8, 4) is 5.88 Å². The molecule has 0 aliphatic carbocycles. The van der Waals surface area contributed by atoms with Crippen molar-refractivity contribution in [1.29, 1.82) is 0 Å². The topological polar surface area (TPSA) is 73.3 Å². The fourth-order valence-electron chi connectivity index (χ4n) is 1.50. The van der Waals surface area contributed by atoms with Crippen molar-refractivity contribution in [3.05, 3.63) is 48.4 Å². The first-order valence-corrected chi connectivity index (χ1v) is 6.09. The van der Waals surface area contributed by atoms with Crippen LogP contribution < -0.4 is 10.1 Å². The molecule has 6 nitrogen and oxygen atoms in total. The van der Waals surface area contributed by atoms with E-state index in [2.05, 4.69) is 15.3 Å². The van der Waals surface area contributed by atoms with Gasteiger partial charge in [0.05, 0.1) is 6.61 Å². The molecule has 104 valence electrons. The number of pyridine rings is 2. The van der Waals surface area contributed by atoms with Crippen molar-refractivity contribution in [1.82, 2.24) is 9.97 Å². The molecule has 2 aromatic heterocycles. The molecule has 0 saturated heterocycles. The smallest absolute Gasteiger partial charge is 0.255 e. The van der Waals surface area contributed by atoms with E-state index in [9.17, 15) is 4.79 Å². The van der Waals surface area contributed by atoms with Crippen molar-refractivity contribution < 1.29 is 14.3 Å².